The minimum Gasteiger partial charge on any atom is -0.507 e. The lowest BCUT2D eigenvalue weighted by molar-refractivity contribution is 0.456. The van der Waals surface area contributed by atoms with Crippen molar-refractivity contribution in [2.24, 2.45) is 5.73 Å². The van der Waals surface area contributed by atoms with Gasteiger partial charge in [0, 0.05) is 22.5 Å². The number of rotatable bonds is 1. The summed E-state index contributed by atoms with van der Waals surface area (Å²) in [4.78, 5) is 0. The minimum atomic E-state index is -0.205. The van der Waals surface area contributed by atoms with Crippen LogP contribution in [0.15, 0.2) is 30.3 Å². The Bertz CT molecular complexity index is 685. The molecule has 0 saturated carbocycles. The molecule has 0 aromatic heterocycles. The van der Waals surface area contributed by atoms with Crippen LogP contribution in [0.25, 0.3) is 0 Å². The Kier molecular flexibility index (Phi) is 4.52. The number of benzene rings is 2. The lowest BCUT2D eigenvalue weighted by Crippen LogP contribution is -2.15. The Balaban J connectivity index is 0.00000161. The number of nitrogens with two attached hydrogens (primary N) is 1. The van der Waals surface area contributed by atoms with Gasteiger partial charge in [0.15, 0.2) is 0 Å². The normalized spacial score (nSPS) is 20.0. The molecule has 0 radical (unpaired) electrons. The Morgan fingerprint density at radius 2 is 1.86 bits per heavy atom. The van der Waals surface area contributed by atoms with E-state index in [-0.39, 0.29) is 24.4 Å². The molecule has 0 amide bonds. The molecule has 0 aliphatic heterocycles. The predicted octanol–water partition coefficient (Wildman–Crippen LogP) is 4.42. The number of hydrogen-bond acceptors (Lipinski definition) is 2. The monoisotopic (exact) mass is 323 g/mol. The van der Waals surface area contributed by atoms with Crippen LogP contribution >= 0.6 is 24.0 Å². The zero-order chi connectivity index (χ0) is 14.4. The molecule has 1 aliphatic carbocycles. The lowest BCUT2D eigenvalue weighted by atomic mass is 9.92. The summed E-state index contributed by atoms with van der Waals surface area (Å²) in [6, 6.07) is 9.64. The number of hydrogen-bond donors (Lipinski definition) is 2. The molecule has 2 unspecified atom stereocenters. The van der Waals surface area contributed by atoms with E-state index >= 15 is 0 Å². The zero-order valence-electron chi connectivity index (χ0n) is 12.1. The van der Waals surface area contributed by atoms with E-state index < -0.39 is 0 Å². The first-order valence-electron chi connectivity index (χ1n) is 6.82. The highest BCUT2D eigenvalue weighted by atomic mass is 35.5. The van der Waals surface area contributed by atoms with Gasteiger partial charge in [0.25, 0.3) is 0 Å². The summed E-state index contributed by atoms with van der Waals surface area (Å²) < 4.78 is 0. The second-order valence-electron chi connectivity index (χ2n) is 5.61. The molecular weight excluding hydrogens is 305 g/mol. The molecule has 0 saturated heterocycles. The van der Waals surface area contributed by atoms with Gasteiger partial charge in [0.1, 0.15) is 5.75 Å². The third kappa shape index (κ3) is 2.52. The van der Waals surface area contributed by atoms with Gasteiger partial charge >= 0.3 is 0 Å². The van der Waals surface area contributed by atoms with Gasteiger partial charge in [-0.15, -0.1) is 12.4 Å². The molecular formula is C17H19Cl2NO. The van der Waals surface area contributed by atoms with Gasteiger partial charge in [-0.2, -0.15) is 0 Å². The van der Waals surface area contributed by atoms with Gasteiger partial charge in [-0.05, 0) is 48.6 Å². The van der Waals surface area contributed by atoms with E-state index in [2.05, 4.69) is 6.92 Å². The van der Waals surface area contributed by atoms with Crippen LogP contribution in [-0.2, 0) is 6.42 Å². The van der Waals surface area contributed by atoms with Crippen molar-refractivity contribution in [3.63, 3.8) is 0 Å². The van der Waals surface area contributed by atoms with Crippen LogP contribution in [0.5, 0.6) is 5.75 Å². The predicted molar refractivity (Wildman–Crippen MR) is 89.7 cm³/mol. The van der Waals surface area contributed by atoms with Crippen molar-refractivity contribution in [1.82, 2.24) is 0 Å². The largest absolute Gasteiger partial charge is 0.507 e. The van der Waals surface area contributed by atoms with E-state index in [0.29, 0.717) is 5.75 Å². The highest BCUT2D eigenvalue weighted by Gasteiger charge is 2.35. The molecule has 3 rings (SSSR count). The van der Waals surface area contributed by atoms with Crippen molar-refractivity contribution in [1.29, 1.82) is 0 Å². The average molecular weight is 324 g/mol. The van der Waals surface area contributed by atoms with Gasteiger partial charge < -0.3 is 10.8 Å². The summed E-state index contributed by atoms with van der Waals surface area (Å²) in [5.74, 6) is 0.470. The Morgan fingerprint density at radius 3 is 2.52 bits per heavy atom. The Labute approximate surface area is 136 Å². The summed E-state index contributed by atoms with van der Waals surface area (Å²) in [5.41, 5.74) is 11.6. The summed E-state index contributed by atoms with van der Waals surface area (Å²) in [5, 5.41) is 11.1. The third-order valence-corrected chi connectivity index (χ3v) is 4.70. The van der Waals surface area contributed by atoms with Crippen LogP contribution in [-0.4, -0.2) is 5.11 Å². The van der Waals surface area contributed by atoms with Gasteiger partial charge in [-0.1, -0.05) is 35.9 Å². The quantitative estimate of drug-likeness (QED) is 0.815. The maximum absolute atomic E-state index is 10.3. The van der Waals surface area contributed by atoms with Crippen molar-refractivity contribution in [3.8, 4) is 5.75 Å². The molecule has 3 N–H and O–H groups in total. The van der Waals surface area contributed by atoms with Crippen LogP contribution < -0.4 is 5.73 Å². The maximum atomic E-state index is 10.3. The van der Waals surface area contributed by atoms with E-state index in [4.69, 9.17) is 17.3 Å². The van der Waals surface area contributed by atoms with Crippen LogP contribution in [0.3, 0.4) is 0 Å². The van der Waals surface area contributed by atoms with Crippen molar-refractivity contribution in [3.05, 3.63) is 63.2 Å². The molecule has 0 fully saturated rings. The first-order valence-corrected chi connectivity index (χ1v) is 7.20. The highest BCUT2D eigenvalue weighted by Crippen LogP contribution is 2.48. The topological polar surface area (TPSA) is 46.2 Å². The molecule has 21 heavy (non-hydrogen) atoms. The van der Waals surface area contributed by atoms with E-state index in [1.165, 1.54) is 11.1 Å². The molecule has 0 heterocycles. The highest BCUT2D eigenvalue weighted by molar-refractivity contribution is 6.31. The van der Waals surface area contributed by atoms with E-state index in [1.54, 1.807) is 0 Å². The number of fused-ring (bicyclic) bond motifs is 1. The van der Waals surface area contributed by atoms with Crippen molar-refractivity contribution in [2.75, 3.05) is 0 Å². The Hall–Kier alpha value is -1.22. The van der Waals surface area contributed by atoms with Gasteiger partial charge in [0.2, 0.25) is 0 Å². The molecule has 2 nitrogen and oxygen atoms in total. The molecule has 2 aromatic rings. The van der Waals surface area contributed by atoms with E-state index in [9.17, 15) is 5.11 Å². The number of halogens is 2. The van der Waals surface area contributed by atoms with Crippen LogP contribution in [0.4, 0.5) is 0 Å². The maximum Gasteiger partial charge on any atom is 0.123 e. The van der Waals surface area contributed by atoms with Gasteiger partial charge in [-0.25, -0.2) is 0 Å². The smallest absolute Gasteiger partial charge is 0.123 e. The van der Waals surface area contributed by atoms with Crippen LogP contribution in [0, 0.1) is 13.8 Å². The van der Waals surface area contributed by atoms with Gasteiger partial charge in [-0.3, -0.25) is 0 Å². The third-order valence-electron chi connectivity index (χ3n) is 4.36. The SMILES string of the molecule is Cc1cc(C)c2c(c1O)C(N)C(c1ccccc1Cl)C2.Cl. The van der Waals surface area contributed by atoms with E-state index in [1.807, 2.05) is 37.3 Å². The Morgan fingerprint density at radius 1 is 1.19 bits per heavy atom. The molecule has 1 aliphatic rings. The van der Waals surface area contributed by atoms with Crippen LogP contribution in [0.2, 0.25) is 5.02 Å². The van der Waals surface area contributed by atoms with E-state index in [0.717, 1.165) is 28.1 Å². The lowest BCUT2D eigenvalue weighted by Gasteiger charge is -2.18. The second-order valence-corrected chi connectivity index (χ2v) is 6.02. The van der Waals surface area contributed by atoms with Crippen molar-refractivity contribution >= 4 is 24.0 Å². The minimum absolute atomic E-state index is 0. The molecule has 4 heteroatoms. The fourth-order valence-electron chi connectivity index (χ4n) is 3.31. The average Bonchev–Trinajstić information content (AvgIpc) is 2.75. The number of aromatic hydroxyl groups is 1. The zero-order valence-corrected chi connectivity index (χ0v) is 13.6. The molecule has 2 atom stereocenters. The van der Waals surface area contributed by atoms with Crippen LogP contribution in [0.1, 0.15) is 39.8 Å². The van der Waals surface area contributed by atoms with Crippen molar-refractivity contribution in [2.45, 2.75) is 32.2 Å². The van der Waals surface area contributed by atoms with Gasteiger partial charge in [0.05, 0.1) is 0 Å². The summed E-state index contributed by atoms with van der Waals surface area (Å²) >= 11 is 6.31. The first-order chi connectivity index (χ1) is 9.50. The number of phenols is 1. The fourth-order valence-corrected chi connectivity index (χ4v) is 3.58. The standard InChI is InChI=1S/C17H18ClNO.ClH/c1-9-7-10(2)17(20)15-12(9)8-13(16(15)19)11-5-3-4-6-14(11)18;/h3-7,13,16,20H,8,19H2,1-2H3;1H. The van der Waals surface area contributed by atoms with Crippen molar-refractivity contribution < 1.29 is 5.11 Å². The molecule has 112 valence electrons. The summed E-state index contributed by atoms with van der Waals surface area (Å²) in [7, 11) is 0. The number of phenolic OH excluding ortho intramolecular Hbond substituents is 1. The molecule has 2 aromatic carbocycles. The molecule has 0 bridgehead atoms. The number of aryl methyl sites for hydroxylation is 2. The fraction of sp³-hybridized carbons (Fsp3) is 0.294. The summed E-state index contributed by atoms with van der Waals surface area (Å²) in [6.45, 7) is 3.99. The summed E-state index contributed by atoms with van der Waals surface area (Å²) in [6.07, 6.45) is 0.833. The molecule has 0 spiro atoms. The first kappa shape index (κ1) is 16.2. The second kappa shape index (κ2) is 5.88.